The smallest absolute Gasteiger partial charge is 0.286 e. The highest BCUT2D eigenvalue weighted by molar-refractivity contribution is 7.13. The minimum atomic E-state index is -0.428. The summed E-state index contributed by atoms with van der Waals surface area (Å²) in [6, 6.07) is 20.1. The van der Waals surface area contributed by atoms with Gasteiger partial charge in [0.1, 0.15) is 18.2 Å². The Bertz CT molecular complexity index is 1290. The quantitative estimate of drug-likeness (QED) is 0.383. The Balaban J connectivity index is 1.32. The molecule has 2 amide bonds. The van der Waals surface area contributed by atoms with Crippen LogP contribution in [0.5, 0.6) is 5.75 Å². The van der Waals surface area contributed by atoms with Gasteiger partial charge >= 0.3 is 0 Å². The maximum atomic E-state index is 13.0. The summed E-state index contributed by atoms with van der Waals surface area (Å²) >= 11 is 1.13. The van der Waals surface area contributed by atoms with Crippen molar-refractivity contribution in [2.75, 3.05) is 5.32 Å². The van der Waals surface area contributed by atoms with Crippen LogP contribution in [-0.4, -0.2) is 22.0 Å². The van der Waals surface area contributed by atoms with Crippen LogP contribution in [0, 0.1) is 12.7 Å². The average molecular weight is 477 g/mol. The molecule has 0 aliphatic heterocycles. The molecule has 172 valence electrons. The number of nitrogens with one attached hydrogen (secondary N) is 2. The van der Waals surface area contributed by atoms with E-state index in [1.165, 1.54) is 12.1 Å². The van der Waals surface area contributed by atoms with E-state index >= 15 is 0 Å². The van der Waals surface area contributed by atoms with E-state index in [-0.39, 0.29) is 29.9 Å². The first-order chi connectivity index (χ1) is 16.5. The molecule has 34 heavy (non-hydrogen) atoms. The highest BCUT2D eigenvalue weighted by atomic mass is 32.1. The van der Waals surface area contributed by atoms with Gasteiger partial charge in [0.15, 0.2) is 5.01 Å². The van der Waals surface area contributed by atoms with Crippen molar-refractivity contribution in [2.24, 2.45) is 0 Å². The predicted molar refractivity (Wildman–Crippen MR) is 127 cm³/mol. The fraction of sp³-hybridized carbons (Fsp3) is 0.120. The molecular formula is C25H21FN4O3S. The molecule has 4 rings (SSSR count). The van der Waals surface area contributed by atoms with E-state index < -0.39 is 5.91 Å². The van der Waals surface area contributed by atoms with E-state index in [0.717, 1.165) is 22.5 Å². The zero-order valence-corrected chi connectivity index (χ0v) is 19.1. The number of hydrogen-bond donors (Lipinski definition) is 2. The lowest BCUT2D eigenvalue weighted by atomic mass is 10.1. The number of aromatic nitrogens is 2. The lowest BCUT2D eigenvalue weighted by Gasteiger charge is -2.08. The van der Waals surface area contributed by atoms with Gasteiger partial charge in [-0.25, -0.2) is 4.39 Å². The third kappa shape index (κ3) is 6.23. The number of ether oxygens (including phenoxy) is 1. The van der Waals surface area contributed by atoms with E-state index in [2.05, 4.69) is 20.8 Å². The predicted octanol–water partition coefficient (Wildman–Crippen LogP) is 4.75. The maximum Gasteiger partial charge on any atom is 0.286 e. The number of nitrogens with zero attached hydrogens (tertiary/aromatic N) is 2. The van der Waals surface area contributed by atoms with Crippen molar-refractivity contribution in [2.45, 2.75) is 20.1 Å². The Morgan fingerprint density at radius 2 is 1.74 bits per heavy atom. The number of carbonyl (C=O) groups is 2. The van der Waals surface area contributed by atoms with Crippen LogP contribution < -0.4 is 15.4 Å². The van der Waals surface area contributed by atoms with Crippen LogP contribution >= 0.6 is 11.3 Å². The molecule has 9 heteroatoms. The van der Waals surface area contributed by atoms with Crippen molar-refractivity contribution in [3.8, 4) is 5.75 Å². The van der Waals surface area contributed by atoms with Gasteiger partial charge in [0, 0.05) is 17.8 Å². The summed E-state index contributed by atoms with van der Waals surface area (Å²) in [5.41, 5.74) is 2.74. The lowest BCUT2D eigenvalue weighted by Crippen LogP contribution is -2.23. The molecule has 4 aromatic rings. The molecule has 0 saturated carbocycles. The van der Waals surface area contributed by atoms with Gasteiger partial charge in [-0.1, -0.05) is 47.2 Å². The molecule has 0 atom stereocenters. The number of halogens is 1. The minimum Gasteiger partial charge on any atom is -0.486 e. The van der Waals surface area contributed by atoms with Crippen LogP contribution in [0.15, 0.2) is 72.8 Å². The molecule has 0 spiro atoms. The summed E-state index contributed by atoms with van der Waals surface area (Å²) < 4.78 is 18.7. The Morgan fingerprint density at radius 3 is 2.50 bits per heavy atom. The van der Waals surface area contributed by atoms with E-state index in [1.807, 2.05) is 31.2 Å². The molecular weight excluding hydrogens is 455 g/mol. The summed E-state index contributed by atoms with van der Waals surface area (Å²) in [4.78, 5) is 25.1. The minimum absolute atomic E-state index is 0.189. The number of anilines is 1. The van der Waals surface area contributed by atoms with Crippen LogP contribution in [0.2, 0.25) is 0 Å². The molecule has 3 aromatic carbocycles. The number of amides is 2. The number of hydrogen-bond acceptors (Lipinski definition) is 6. The van der Waals surface area contributed by atoms with Gasteiger partial charge in [-0.05, 0) is 55.0 Å². The Labute approximate surface area is 199 Å². The van der Waals surface area contributed by atoms with Gasteiger partial charge in [-0.15, -0.1) is 10.2 Å². The summed E-state index contributed by atoms with van der Waals surface area (Å²) in [6.45, 7) is 2.46. The maximum absolute atomic E-state index is 13.0. The fourth-order valence-corrected chi connectivity index (χ4v) is 3.64. The van der Waals surface area contributed by atoms with Crippen LogP contribution in [0.25, 0.3) is 0 Å². The number of carbonyl (C=O) groups excluding carboxylic acids is 2. The molecule has 0 bridgehead atoms. The molecule has 0 aliphatic carbocycles. The van der Waals surface area contributed by atoms with Gasteiger partial charge < -0.3 is 15.4 Å². The van der Waals surface area contributed by atoms with Gasteiger partial charge in [0.2, 0.25) is 5.01 Å². The van der Waals surface area contributed by atoms with Gasteiger partial charge in [-0.3, -0.25) is 9.59 Å². The highest BCUT2D eigenvalue weighted by Gasteiger charge is 2.15. The monoisotopic (exact) mass is 476 g/mol. The first kappa shape index (κ1) is 23.1. The molecule has 0 aliphatic rings. The molecule has 1 heterocycles. The summed E-state index contributed by atoms with van der Waals surface area (Å²) in [5, 5.41) is 14.2. The average Bonchev–Trinajstić information content (AvgIpc) is 3.33. The molecule has 0 saturated heterocycles. The van der Waals surface area contributed by atoms with Crippen LogP contribution in [-0.2, 0) is 13.2 Å². The molecule has 1 aromatic heterocycles. The number of aryl methyl sites for hydroxylation is 1. The van der Waals surface area contributed by atoms with Gasteiger partial charge in [0.05, 0.1) is 0 Å². The van der Waals surface area contributed by atoms with Crippen molar-refractivity contribution >= 4 is 28.8 Å². The molecule has 2 N–H and O–H groups in total. The van der Waals surface area contributed by atoms with Crippen LogP contribution in [0.3, 0.4) is 0 Å². The molecule has 7 nitrogen and oxygen atoms in total. The summed E-state index contributed by atoms with van der Waals surface area (Å²) in [7, 11) is 0. The van der Waals surface area contributed by atoms with Crippen LogP contribution in [0.1, 0.15) is 36.3 Å². The standard InChI is InChI=1S/C25H21FN4O3S/c1-16-5-11-21(12-6-16)33-15-22-29-30-25(34-22)24(32)28-20-4-2-3-18(13-20)23(31)27-14-17-7-9-19(26)10-8-17/h2-13H,14-15H2,1H3,(H,27,31)(H,28,32). The zero-order chi connectivity index (χ0) is 23.9. The van der Waals surface area contributed by atoms with E-state index in [9.17, 15) is 14.0 Å². The second-order valence-corrected chi connectivity index (χ2v) is 8.51. The first-order valence-electron chi connectivity index (χ1n) is 10.4. The summed E-state index contributed by atoms with van der Waals surface area (Å²) in [6.07, 6.45) is 0. The Hall–Kier alpha value is -4.11. The largest absolute Gasteiger partial charge is 0.486 e. The SMILES string of the molecule is Cc1ccc(OCc2nnc(C(=O)Nc3cccc(C(=O)NCc4ccc(F)cc4)c3)s2)cc1. The van der Waals surface area contributed by atoms with Crippen molar-refractivity contribution in [3.05, 3.63) is 105 Å². The number of benzene rings is 3. The Kier molecular flexibility index (Phi) is 7.24. The Morgan fingerprint density at radius 1 is 0.971 bits per heavy atom. The zero-order valence-electron chi connectivity index (χ0n) is 18.2. The second-order valence-electron chi connectivity index (χ2n) is 7.45. The van der Waals surface area contributed by atoms with E-state index in [0.29, 0.717) is 22.0 Å². The van der Waals surface area contributed by atoms with Crippen molar-refractivity contribution in [3.63, 3.8) is 0 Å². The molecule has 0 radical (unpaired) electrons. The number of rotatable bonds is 8. The third-order valence-electron chi connectivity index (χ3n) is 4.79. The third-order valence-corrected chi connectivity index (χ3v) is 5.69. The van der Waals surface area contributed by atoms with Gasteiger partial charge in [-0.2, -0.15) is 0 Å². The van der Waals surface area contributed by atoms with Crippen molar-refractivity contribution in [1.82, 2.24) is 15.5 Å². The first-order valence-corrected chi connectivity index (χ1v) is 11.2. The van der Waals surface area contributed by atoms with E-state index in [1.54, 1.807) is 36.4 Å². The van der Waals surface area contributed by atoms with Gasteiger partial charge in [0.25, 0.3) is 11.8 Å². The van der Waals surface area contributed by atoms with Crippen LogP contribution in [0.4, 0.5) is 10.1 Å². The lowest BCUT2D eigenvalue weighted by molar-refractivity contribution is 0.0949. The molecule has 0 fully saturated rings. The fourth-order valence-electron chi connectivity index (χ4n) is 2.99. The topological polar surface area (TPSA) is 93.2 Å². The van der Waals surface area contributed by atoms with Crippen molar-refractivity contribution in [1.29, 1.82) is 0 Å². The van der Waals surface area contributed by atoms with Crippen molar-refractivity contribution < 1.29 is 18.7 Å². The summed E-state index contributed by atoms with van der Waals surface area (Å²) in [5.74, 6) is -0.365. The van der Waals surface area contributed by atoms with E-state index in [4.69, 9.17) is 4.74 Å². The highest BCUT2D eigenvalue weighted by Crippen LogP contribution is 2.18. The molecule has 0 unspecified atom stereocenters. The normalized spacial score (nSPS) is 10.5. The second kappa shape index (κ2) is 10.7.